The Kier molecular flexibility index (Phi) is 6.96. The zero-order valence-electron chi connectivity index (χ0n) is 18.8. The molecule has 174 valence electrons. The highest BCUT2D eigenvalue weighted by Crippen LogP contribution is 2.44. The van der Waals surface area contributed by atoms with E-state index in [1.165, 1.54) is 11.1 Å². The zero-order valence-corrected chi connectivity index (χ0v) is 18.8. The minimum Gasteiger partial charge on any atom is -0.481 e. The van der Waals surface area contributed by atoms with Crippen LogP contribution in [0.2, 0.25) is 0 Å². The summed E-state index contributed by atoms with van der Waals surface area (Å²) in [4.78, 5) is 35.7. The van der Waals surface area contributed by atoms with Crippen molar-refractivity contribution in [3.63, 3.8) is 0 Å². The second-order valence-electron chi connectivity index (χ2n) is 8.90. The highest BCUT2D eigenvalue weighted by atomic mass is 16.5. The number of fused-ring (bicyclic) bond motifs is 3. The van der Waals surface area contributed by atoms with Crippen LogP contribution in [0.3, 0.4) is 0 Å². The first-order valence-electron chi connectivity index (χ1n) is 11.6. The lowest BCUT2D eigenvalue weighted by Crippen LogP contribution is -2.38. The number of benzene rings is 2. The number of carbonyl (C=O) groups excluding carboxylic acids is 2. The van der Waals surface area contributed by atoms with Crippen molar-refractivity contribution in [1.82, 2.24) is 10.6 Å². The predicted octanol–water partition coefficient (Wildman–Crippen LogP) is 3.92. The zero-order chi connectivity index (χ0) is 23.4. The van der Waals surface area contributed by atoms with Crippen LogP contribution in [0.5, 0.6) is 0 Å². The van der Waals surface area contributed by atoms with Crippen molar-refractivity contribution in [2.45, 2.75) is 44.6 Å². The van der Waals surface area contributed by atoms with Crippen LogP contribution >= 0.6 is 0 Å². The average Bonchev–Trinajstić information content (AvgIpc) is 3.51. The maximum Gasteiger partial charge on any atom is 0.407 e. The van der Waals surface area contributed by atoms with Gasteiger partial charge in [-0.1, -0.05) is 61.9 Å². The van der Waals surface area contributed by atoms with Gasteiger partial charge in [-0.25, -0.2) is 4.79 Å². The minimum absolute atomic E-state index is 0.00679. The van der Waals surface area contributed by atoms with Crippen molar-refractivity contribution in [3.05, 3.63) is 59.7 Å². The number of aliphatic carboxylic acids is 1. The Morgan fingerprint density at radius 3 is 2.30 bits per heavy atom. The fourth-order valence-corrected chi connectivity index (χ4v) is 4.75. The monoisotopic (exact) mass is 450 g/mol. The van der Waals surface area contributed by atoms with Crippen molar-refractivity contribution in [3.8, 4) is 11.1 Å². The molecular formula is C26H30N2O5. The van der Waals surface area contributed by atoms with Crippen molar-refractivity contribution in [1.29, 1.82) is 0 Å². The molecular weight excluding hydrogens is 420 g/mol. The Balaban J connectivity index is 1.23. The van der Waals surface area contributed by atoms with Crippen LogP contribution in [0.4, 0.5) is 4.79 Å². The maximum absolute atomic E-state index is 12.4. The van der Waals surface area contributed by atoms with Gasteiger partial charge in [-0.15, -0.1) is 0 Å². The third-order valence-electron chi connectivity index (χ3n) is 6.52. The van der Waals surface area contributed by atoms with Gasteiger partial charge in [0, 0.05) is 24.4 Å². The third-order valence-corrected chi connectivity index (χ3v) is 6.52. The summed E-state index contributed by atoms with van der Waals surface area (Å²) < 4.78 is 5.54. The lowest BCUT2D eigenvalue weighted by molar-refractivity contribution is -0.137. The van der Waals surface area contributed by atoms with Crippen LogP contribution in [0, 0.1) is 11.8 Å². The Bertz CT molecular complexity index is 991. The molecule has 7 heteroatoms. The predicted molar refractivity (Wildman–Crippen MR) is 124 cm³/mol. The SMILES string of the molecule is CCCC(CC(=O)O)NC(=O)C1CC1CNC(=O)OCC1c2ccccc2-c2ccccc21. The molecule has 4 rings (SSSR count). The number of hydrogen-bond acceptors (Lipinski definition) is 4. The molecule has 0 radical (unpaired) electrons. The number of hydrogen-bond donors (Lipinski definition) is 3. The molecule has 0 saturated heterocycles. The summed E-state index contributed by atoms with van der Waals surface area (Å²) in [6.07, 6.45) is 1.55. The lowest BCUT2D eigenvalue weighted by atomic mass is 9.98. The fraction of sp³-hybridized carbons (Fsp3) is 0.423. The van der Waals surface area contributed by atoms with Gasteiger partial charge >= 0.3 is 12.1 Å². The van der Waals surface area contributed by atoms with E-state index in [4.69, 9.17) is 9.84 Å². The molecule has 3 N–H and O–H groups in total. The number of alkyl carbamates (subject to hydrolysis) is 1. The normalized spacial score (nSPS) is 19.2. The number of ether oxygens (including phenoxy) is 1. The summed E-state index contributed by atoms with van der Waals surface area (Å²) in [5.41, 5.74) is 4.68. The highest BCUT2D eigenvalue weighted by molar-refractivity contribution is 5.82. The summed E-state index contributed by atoms with van der Waals surface area (Å²) in [5.74, 6) is -1.18. The molecule has 0 aliphatic heterocycles. The van der Waals surface area contributed by atoms with Crippen LogP contribution in [0.25, 0.3) is 11.1 Å². The summed E-state index contributed by atoms with van der Waals surface area (Å²) in [6, 6.07) is 16.0. The Morgan fingerprint density at radius 2 is 1.70 bits per heavy atom. The Morgan fingerprint density at radius 1 is 1.06 bits per heavy atom. The first kappa shape index (κ1) is 22.8. The molecule has 2 aliphatic rings. The average molecular weight is 451 g/mol. The molecule has 0 heterocycles. The molecule has 0 bridgehead atoms. The summed E-state index contributed by atoms with van der Waals surface area (Å²) in [5, 5.41) is 14.6. The van der Waals surface area contributed by atoms with E-state index in [0.717, 1.165) is 17.5 Å². The molecule has 1 fully saturated rings. The lowest BCUT2D eigenvalue weighted by Gasteiger charge is -2.16. The van der Waals surface area contributed by atoms with E-state index in [2.05, 4.69) is 34.9 Å². The minimum atomic E-state index is -0.919. The molecule has 33 heavy (non-hydrogen) atoms. The van der Waals surface area contributed by atoms with E-state index in [1.54, 1.807) is 0 Å². The number of carboxylic acids is 1. The summed E-state index contributed by atoms with van der Waals surface area (Å²) >= 11 is 0. The number of rotatable bonds is 10. The first-order valence-corrected chi connectivity index (χ1v) is 11.6. The van der Waals surface area contributed by atoms with Crippen molar-refractivity contribution < 1.29 is 24.2 Å². The van der Waals surface area contributed by atoms with Gasteiger partial charge < -0.3 is 20.5 Å². The molecule has 7 nitrogen and oxygen atoms in total. The van der Waals surface area contributed by atoms with Crippen molar-refractivity contribution in [2.24, 2.45) is 11.8 Å². The first-order chi connectivity index (χ1) is 16.0. The standard InChI is InChI=1S/C26H30N2O5/c1-2-7-17(13-24(29)30)28-25(31)22-12-16(22)14-27-26(32)33-15-23-20-10-5-3-8-18(20)19-9-4-6-11-21(19)23/h3-6,8-11,16-17,22-23H,2,7,12-15H2,1H3,(H,27,32)(H,28,31)(H,29,30). The molecule has 2 aromatic rings. The number of amides is 2. The quantitative estimate of drug-likeness (QED) is 0.509. The van der Waals surface area contributed by atoms with Crippen LogP contribution in [0.1, 0.15) is 49.7 Å². The molecule has 2 aromatic carbocycles. The second-order valence-corrected chi connectivity index (χ2v) is 8.90. The highest BCUT2D eigenvalue weighted by Gasteiger charge is 2.43. The summed E-state index contributed by atoms with van der Waals surface area (Å²) in [6.45, 7) is 2.58. The van der Waals surface area contributed by atoms with Gasteiger partial charge in [0.15, 0.2) is 0 Å². The van der Waals surface area contributed by atoms with Gasteiger partial charge in [0.05, 0.1) is 6.42 Å². The van der Waals surface area contributed by atoms with Crippen LogP contribution in [-0.2, 0) is 14.3 Å². The topological polar surface area (TPSA) is 105 Å². The number of carbonyl (C=O) groups is 3. The summed E-state index contributed by atoms with van der Waals surface area (Å²) in [7, 11) is 0. The van der Waals surface area contributed by atoms with Crippen LogP contribution in [-0.4, -0.2) is 42.3 Å². The molecule has 0 spiro atoms. The van der Waals surface area contributed by atoms with Crippen LogP contribution in [0.15, 0.2) is 48.5 Å². The Hall–Kier alpha value is -3.35. The smallest absolute Gasteiger partial charge is 0.407 e. The van der Waals surface area contributed by atoms with Gasteiger partial charge in [-0.2, -0.15) is 0 Å². The molecule has 3 atom stereocenters. The fourth-order valence-electron chi connectivity index (χ4n) is 4.75. The number of nitrogens with one attached hydrogen (secondary N) is 2. The molecule has 3 unspecified atom stereocenters. The van der Waals surface area contributed by atoms with E-state index in [1.807, 2.05) is 31.2 Å². The second kappa shape index (κ2) is 10.1. The molecule has 1 saturated carbocycles. The van der Waals surface area contributed by atoms with E-state index in [-0.39, 0.29) is 42.7 Å². The van der Waals surface area contributed by atoms with Gasteiger partial charge in [0.25, 0.3) is 0 Å². The van der Waals surface area contributed by atoms with Gasteiger partial charge in [0.2, 0.25) is 5.91 Å². The third kappa shape index (κ3) is 5.35. The van der Waals surface area contributed by atoms with Gasteiger partial charge in [-0.3, -0.25) is 9.59 Å². The largest absolute Gasteiger partial charge is 0.481 e. The van der Waals surface area contributed by atoms with Crippen molar-refractivity contribution in [2.75, 3.05) is 13.2 Å². The molecule has 2 amide bonds. The van der Waals surface area contributed by atoms with E-state index in [9.17, 15) is 14.4 Å². The molecule has 0 aromatic heterocycles. The molecule has 2 aliphatic carbocycles. The van der Waals surface area contributed by atoms with E-state index < -0.39 is 12.1 Å². The van der Waals surface area contributed by atoms with E-state index >= 15 is 0 Å². The van der Waals surface area contributed by atoms with Gasteiger partial charge in [0.1, 0.15) is 6.61 Å². The Labute approximate surface area is 193 Å². The van der Waals surface area contributed by atoms with Crippen molar-refractivity contribution >= 4 is 18.0 Å². The maximum atomic E-state index is 12.4. The number of carboxylic acid groups (broad SMARTS) is 1. The van der Waals surface area contributed by atoms with Gasteiger partial charge in [-0.05, 0) is 41.0 Å². The van der Waals surface area contributed by atoms with Crippen LogP contribution < -0.4 is 10.6 Å². The van der Waals surface area contributed by atoms with E-state index in [0.29, 0.717) is 19.4 Å².